The highest BCUT2D eigenvalue weighted by Gasteiger charge is 2.15. The van der Waals surface area contributed by atoms with Crippen LogP contribution in [0, 0.1) is 0 Å². The minimum Gasteiger partial charge on any atom is -0.316 e. The summed E-state index contributed by atoms with van der Waals surface area (Å²) in [6.45, 7) is 1.07. The van der Waals surface area contributed by atoms with E-state index >= 15 is 0 Å². The molecule has 2 aromatic rings. The van der Waals surface area contributed by atoms with E-state index in [0.29, 0.717) is 0 Å². The average molecular weight is 258 g/mol. The zero-order chi connectivity index (χ0) is 12.8. The Labute approximate surface area is 114 Å². The van der Waals surface area contributed by atoms with Crippen molar-refractivity contribution in [1.29, 1.82) is 0 Å². The van der Waals surface area contributed by atoms with Crippen molar-refractivity contribution in [3.63, 3.8) is 0 Å². The van der Waals surface area contributed by atoms with Crippen molar-refractivity contribution < 1.29 is 4.48 Å². The van der Waals surface area contributed by atoms with Crippen LogP contribution in [-0.4, -0.2) is 24.5 Å². The standard InChI is InChI=1S/C16H20NS/c1-17(2,13-15-9-5-3-6-10-15)14-18-16-11-7-4-8-12-16/h3-12H,13-14H2,1-2H3/q+1. The Morgan fingerprint density at radius 1 is 0.833 bits per heavy atom. The largest absolute Gasteiger partial charge is 0.316 e. The molecule has 0 saturated carbocycles. The van der Waals surface area contributed by atoms with E-state index in [9.17, 15) is 0 Å². The van der Waals surface area contributed by atoms with Gasteiger partial charge >= 0.3 is 0 Å². The number of benzene rings is 2. The van der Waals surface area contributed by atoms with E-state index in [2.05, 4.69) is 74.8 Å². The maximum atomic E-state index is 2.28. The maximum Gasteiger partial charge on any atom is 0.130 e. The summed E-state index contributed by atoms with van der Waals surface area (Å²) in [5.74, 6) is 1.08. The molecule has 0 aliphatic rings. The van der Waals surface area contributed by atoms with Gasteiger partial charge in [0.05, 0.1) is 14.1 Å². The third kappa shape index (κ3) is 4.21. The maximum absolute atomic E-state index is 2.28. The zero-order valence-electron chi connectivity index (χ0n) is 11.0. The van der Waals surface area contributed by atoms with Gasteiger partial charge in [0, 0.05) is 10.5 Å². The molecule has 0 N–H and O–H groups in total. The van der Waals surface area contributed by atoms with Gasteiger partial charge < -0.3 is 4.48 Å². The normalized spacial score (nSPS) is 11.4. The van der Waals surface area contributed by atoms with Crippen molar-refractivity contribution in [2.24, 2.45) is 0 Å². The third-order valence-corrected chi connectivity index (χ3v) is 4.21. The minimum atomic E-state index is 0.990. The molecular weight excluding hydrogens is 238 g/mol. The van der Waals surface area contributed by atoms with Gasteiger partial charge in [-0.15, -0.1) is 0 Å². The molecule has 0 fully saturated rings. The summed E-state index contributed by atoms with van der Waals surface area (Å²) < 4.78 is 0.990. The van der Waals surface area contributed by atoms with Gasteiger partial charge in [-0.25, -0.2) is 0 Å². The van der Waals surface area contributed by atoms with Crippen molar-refractivity contribution in [2.75, 3.05) is 20.0 Å². The molecule has 0 heterocycles. The molecule has 2 aromatic carbocycles. The summed E-state index contributed by atoms with van der Waals surface area (Å²) in [5.41, 5.74) is 1.40. The number of quaternary nitrogens is 1. The molecule has 0 aliphatic carbocycles. The van der Waals surface area contributed by atoms with Crippen LogP contribution in [0.25, 0.3) is 0 Å². The number of thioether (sulfide) groups is 1. The summed E-state index contributed by atoms with van der Waals surface area (Å²) in [4.78, 5) is 1.34. The average Bonchev–Trinajstić information content (AvgIpc) is 2.38. The molecule has 0 bridgehead atoms. The Balaban J connectivity index is 1.91. The highest BCUT2D eigenvalue weighted by atomic mass is 32.2. The van der Waals surface area contributed by atoms with E-state index in [0.717, 1.165) is 16.9 Å². The van der Waals surface area contributed by atoms with Gasteiger partial charge in [0.25, 0.3) is 0 Å². The lowest BCUT2D eigenvalue weighted by Gasteiger charge is -2.29. The van der Waals surface area contributed by atoms with Crippen molar-refractivity contribution >= 4 is 11.8 Å². The molecule has 2 rings (SSSR count). The van der Waals surface area contributed by atoms with Crippen LogP contribution in [0.15, 0.2) is 65.6 Å². The van der Waals surface area contributed by atoms with Gasteiger partial charge in [-0.2, -0.15) is 0 Å². The highest BCUT2D eigenvalue weighted by Crippen LogP contribution is 2.22. The molecule has 94 valence electrons. The quantitative estimate of drug-likeness (QED) is 0.443. The first-order valence-corrected chi connectivity index (χ1v) is 7.18. The first kappa shape index (κ1) is 13.2. The van der Waals surface area contributed by atoms with Crippen molar-refractivity contribution in [3.05, 3.63) is 66.2 Å². The minimum absolute atomic E-state index is 0.990. The lowest BCUT2D eigenvalue weighted by molar-refractivity contribution is -0.891. The summed E-state index contributed by atoms with van der Waals surface area (Å²) >= 11 is 1.92. The van der Waals surface area contributed by atoms with Crippen LogP contribution in [0.2, 0.25) is 0 Å². The van der Waals surface area contributed by atoms with E-state index in [1.54, 1.807) is 0 Å². The van der Waals surface area contributed by atoms with E-state index in [4.69, 9.17) is 0 Å². The lowest BCUT2D eigenvalue weighted by atomic mass is 10.2. The molecule has 0 aliphatic heterocycles. The SMILES string of the molecule is C[N+](C)(CSc1ccccc1)Cc1ccccc1. The van der Waals surface area contributed by atoms with E-state index in [-0.39, 0.29) is 0 Å². The van der Waals surface area contributed by atoms with Crippen molar-refractivity contribution in [1.82, 2.24) is 0 Å². The first-order valence-electron chi connectivity index (χ1n) is 6.19. The lowest BCUT2D eigenvalue weighted by Crippen LogP contribution is -2.38. The Bertz CT molecular complexity index is 465. The predicted octanol–water partition coefficient (Wildman–Crippen LogP) is 4.01. The van der Waals surface area contributed by atoms with E-state index < -0.39 is 0 Å². The van der Waals surface area contributed by atoms with Gasteiger partial charge in [-0.05, 0) is 12.1 Å². The van der Waals surface area contributed by atoms with E-state index in [1.807, 2.05) is 11.8 Å². The molecule has 0 aromatic heterocycles. The molecular formula is C16H20NS+. The second-order valence-electron chi connectivity index (χ2n) is 5.17. The van der Waals surface area contributed by atoms with Crippen LogP contribution in [0.1, 0.15) is 5.56 Å². The molecule has 0 unspecified atom stereocenters. The smallest absolute Gasteiger partial charge is 0.130 e. The molecule has 2 heteroatoms. The summed E-state index contributed by atoms with van der Waals surface area (Å²) in [7, 11) is 4.56. The van der Waals surface area contributed by atoms with Crippen molar-refractivity contribution in [2.45, 2.75) is 11.4 Å². The molecule has 0 amide bonds. The molecule has 18 heavy (non-hydrogen) atoms. The van der Waals surface area contributed by atoms with Gasteiger partial charge in [-0.1, -0.05) is 60.3 Å². The first-order chi connectivity index (χ1) is 8.66. The summed E-state index contributed by atoms with van der Waals surface area (Å²) in [6, 6.07) is 21.3. The Morgan fingerprint density at radius 3 is 2.00 bits per heavy atom. The van der Waals surface area contributed by atoms with Crippen LogP contribution < -0.4 is 0 Å². The predicted molar refractivity (Wildman–Crippen MR) is 79.4 cm³/mol. The van der Waals surface area contributed by atoms with Crippen molar-refractivity contribution in [3.8, 4) is 0 Å². The molecule has 0 atom stereocenters. The summed E-state index contributed by atoms with van der Waals surface area (Å²) in [5, 5.41) is 0. The fraction of sp³-hybridized carbons (Fsp3) is 0.250. The van der Waals surface area contributed by atoms with Gasteiger partial charge in [0.15, 0.2) is 0 Å². The van der Waals surface area contributed by atoms with Crippen LogP contribution in [0.3, 0.4) is 0 Å². The fourth-order valence-corrected chi connectivity index (χ4v) is 2.83. The monoisotopic (exact) mass is 258 g/mol. The number of hydrogen-bond donors (Lipinski definition) is 0. The molecule has 1 nitrogen and oxygen atoms in total. The zero-order valence-corrected chi connectivity index (χ0v) is 11.9. The second-order valence-corrected chi connectivity index (χ2v) is 6.18. The molecule has 0 spiro atoms. The Morgan fingerprint density at radius 2 is 1.39 bits per heavy atom. The van der Waals surface area contributed by atoms with Gasteiger partial charge in [0.2, 0.25) is 0 Å². The topological polar surface area (TPSA) is 0 Å². The highest BCUT2D eigenvalue weighted by molar-refractivity contribution is 7.99. The van der Waals surface area contributed by atoms with Crippen LogP contribution in [-0.2, 0) is 6.54 Å². The second kappa shape index (κ2) is 6.07. The summed E-state index contributed by atoms with van der Waals surface area (Å²) in [6.07, 6.45) is 0. The van der Waals surface area contributed by atoms with Gasteiger partial charge in [0.1, 0.15) is 12.4 Å². The van der Waals surface area contributed by atoms with E-state index in [1.165, 1.54) is 10.5 Å². The molecule has 0 radical (unpaired) electrons. The fourth-order valence-electron chi connectivity index (χ4n) is 1.89. The van der Waals surface area contributed by atoms with Crippen LogP contribution >= 0.6 is 11.8 Å². The number of nitrogens with zero attached hydrogens (tertiary/aromatic N) is 1. The van der Waals surface area contributed by atoms with Crippen LogP contribution in [0.4, 0.5) is 0 Å². The Kier molecular flexibility index (Phi) is 4.45. The van der Waals surface area contributed by atoms with Crippen LogP contribution in [0.5, 0.6) is 0 Å². The Hall–Kier alpha value is -1.25. The molecule has 0 saturated heterocycles. The third-order valence-electron chi connectivity index (χ3n) is 2.78. The van der Waals surface area contributed by atoms with Gasteiger partial charge in [-0.3, -0.25) is 0 Å². The number of hydrogen-bond acceptors (Lipinski definition) is 1. The number of rotatable bonds is 5.